The number of hydrogen-bond acceptors (Lipinski definition) is 1. The van der Waals surface area contributed by atoms with Crippen molar-refractivity contribution in [3.8, 4) is 0 Å². The van der Waals surface area contributed by atoms with Crippen LogP contribution in [0.2, 0.25) is 0 Å². The number of hydrogen-bond donors (Lipinski definition) is 0. The van der Waals surface area contributed by atoms with Crippen LogP contribution in [0, 0.1) is 0 Å². The fourth-order valence-corrected chi connectivity index (χ4v) is 2.31. The Kier molecular flexibility index (Phi) is 2.93. The first-order valence-corrected chi connectivity index (χ1v) is 6.24. The molecule has 1 heteroatoms. The quantitative estimate of drug-likeness (QED) is 0.720. The van der Waals surface area contributed by atoms with Crippen molar-refractivity contribution in [3.05, 3.63) is 71.8 Å². The van der Waals surface area contributed by atoms with Gasteiger partial charge in [0.05, 0.1) is 0 Å². The van der Waals surface area contributed by atoms with Gasteiger partial charge >= 0.3 is 0 Å². The minimum absolute atomic E-state index is 0.748. The normalized spacial score (nSPS) is 22.4. The van der Waals surface area contributed by atoms with E-state index in [4.69, 9.17) is 0 Å². The highest BCUT2D eigenvalue weighted by molar-refractivity contribution is 5.19. The van der Waals surface area contributed by atoms with Crippen molar-refractivity contribution < 1.29 is 0 Å². The van der Waals surface area contributed by atoms with Gasteiger partial charge in [0.15, 0.2) is 0 Å². The highest BCUT2D eigenvalue weighted by atomic mass is 15.3. The maximum absolute atomic E-state index is 2.53. The summed E-state index contributed by atoms with van der Waals surface area (Å²) < 4.78 is 0. The van der Waals surface area contributed by atoms with E-state index >= 15 is 0 Å². The van der Waals surface area contributed by atoms with E-state index < -0.39 is 0 Å². The van der Waals surface area contributed by atoms with Crippen molar-refractivity contribution in [2.45, 2.75) is 19.0 Å². The molecule has 2 aromatic rings. The monoisotopic (exact) mass is 223 g/mol. The fraction of sp³-hybridized carbons (Fsp3) is 0.250. The van der Waals surface area contributed by atoms with Gasteiger partial charge in [-0.3, -0.25) is 4.90 Å². The molecule has 2 atom stereocenters. The minimum Gasteiger partial charge on any atom is -0.293 e. The van der Waals surface area contributed by atoms with E-state index in [2.05, 4.69) is 65.6 Å². The van der Waals surface area contributed by atoms with Gasteiger partial charge in [-0.05, 0) is 17.5 Å². The third-order valence-electron chi connectivity index (χ3n) is 3.37. The number of benzene rings is 2. The molecule has 1 heterocycles. The lowest BCUT2D eigenvalue weighted by Gasteiger charge is -2.04. The molecule has 1 aliphatic rings. The van der Waals surface area contributed by atoms with Crippen LogP contribution in [0.15, 0.2) is 60.7 Å². The zero-order valence-corrected chi connectivity index (χ0v) is 9.92. The molecule has 86 valence electrons. The molecule has 0 amide bonds. The van der Waals surface area contributed by atoms with E-state index in [0.29, 0.717) is 0 Å². The predicted molar refractivity (Wildman–Crippen MR) is 70.8 cm³/mol. The molecule has 1 fully saturated rings. The molecule has 17 heavy (non-hydrogen) atoms. The van der Waals surface area contributed by atoms with Gasteiger partial charge in [0.1, 0.15) is 0 Å². The van der Waals surface area contributed by atoms with Crippen molar-refractivity contribution in [1.29, 1.82) is 0 Å². The summed E-state index contributed by atoms with van der Waals surface area (Å²) >= 11 is 0. The molecule has 0 spiro atoms. The van der Waals surface area contributed by atoms with Crippen LogP contribution in [0.25, 0.3) is 0 Å². The molecule has 3 rings (SSSR count). The lowest BCUT2D eigenvalue weighted by molar-refractivity contribution is 0.499. The lowest BCUT2D eigenvalue weighted by Crippen LogP contribution is -2.04. The predicted octanol–water partition coefficient (Wildman–Crippen LogP) is 3.11. The highest BCUT2D eigenvalue weighted by Gasteiger charge is 2.33. The maximum atomic E-state index is 2.53. The minimum atomic E-state index is 0.748. The Hall–Kier alpha value is -1.60. The Bertz CT molecular complexity index is 418. The van der Waals surface area contributed by atoms with Crippen LogP contribution >= 0.6 is 0 Å². The summed E-state index contributed by atoms with van der Waals surface area (Å²) in [5, 5.41) is 0. The van der Waals surface area contributed by atoms with Crippen LogP contribution in [0.3, 0.4) is 0 Å². The second kappa shape index (κ2) is 4.72. The summed E-state index contributed by atoms with van der Waals surface area (Å²) in [5.41, 5.74) is 2.87. The third-order valence-corrected chi connectivity index (χ3v) is 3.37. The summed E-state index contributed by atoms with van der Waals surface area (Å²) in [7, 11) is 0. The van der Waals surface area contributed by atoms with Gasteiger partial charge < -0.3 is 0 Å². The van der Waals surface area contributed by atoms with Crippen LogP contribution in [0.4, 0.5) is 0 Å². The fourth-order valence-electron chi connectivity index (χ4n) is 2.31. The maximum Gasteiger partial charge on any atom is 0.0267 e. The molecule has 1 saturated heterocycles. The van der Waals surface area contributed by atoms with Gasteiger partial charge in [-0.2, -0.15) is 0 Å². The van der Waals surface area contributed by atoms with Crippen LogP contribution in [0.5, 0.6) is 0 Å². The van der Waals surface area contributed by atoms with Crippen LogP contribution in [0.1, 0.15) is 11.1 Å². The van der Waals surface area contributed by atoms with Gasteiger partial charge in [0, 0.05) is 19.1 Å². The van der Waals surface area contributed by atoms with Crippen LogP contribution in [-0.2, 0) is 13.0 Å². The molecule has 0 saturated carbocycles. The molecule has 0 N–H and O–H groups in total. The first-order valence-electron chi connectivity index (χ1n) is 6.24. The van der Waals surface area contributed by atoms with Crippen LogP contribution in [-0.4, -0.2) is 17.5 Å². The molecule has 1 aliphatic heterocycles. The van der Waals surface area contributed by atoms with Crippen molar-refractivity contribution in [2.75, 3.05) is 6.54 Å². The van der Waals surface area contributed by atoms with E-state index in [1.807, 2.05) is 0 Å². The Morgan fingerprint density at radius 1 is 0.824 bits per heavy atom. The average molecular weight is 223 g/mol. The Morgan fingerprint density at radius 2 is 1.41 bits per heavy atom. The van der Waals surface area contributed by atoms with Gasteiger partial charge in [-0.15, -0.1) is 0 Å². The first kappa shape index (κ1) is 10.5. The molecule has 0 bridgehead atoms. The standard InChI is InChI=1S/C16H17N/c1-3-7-14(8-4-1)11-16-13-17(16)12-15-9-5-2-6-10-15/h1-10,16H,11-13H2/t16?,17-/m1/s1. The van der Waals surface area contributed by atoms with E-state index in [0.717, 1.165) is 12.6 Å². The summed E-state index contributed by atoms with van der Waals surface area (Å²) in [5.74, 6) is 0. The second-order valence-corrected chi connectivity index (χ2v) is 4.76. The zero-order chi connectivity index (χ0) is 11.5. The Balaban J connectivity index is 1.54. The van der Waals surface area contributed by atoms with E-state index in [1.165, 1.54) is 24.1 Å². The molecule has 1 nitrogen and oxygen atoms in total. The summed E-state index contributed by atoms with van der Waals surface area (Å²) in [6.45, 7) is 2.34. The third kappa shape index (κ3) is 2.75. The summed E-state index contributed by atoms with van der Waals surface area (Å²) in [4.78, 5) is 2.53. The molecule has 1 unspecified atom stereocenters. The number of nitrogens with zero attached hydrogens (tertiary/aromatic N) is 1. The van der Waals surface area contributed by atoms with E-state index in [1.54, 1.807) is 0 Å². The van der Waals surface area contributed by atoms with Crippen LogP contribution < -0.4 is 0 Å². The second-order valence-electron chi connectivity index (χ2n) is 4.76. The first-order chi connectivity index (χ1) is 8.42. The van der Waals surface area contributed by atoms with Crippen molar-refractivity contribution in [3.63, 3.8) is 0 Å². The molecular formula is C16H17N. The smallest absolute Gasteiger partial charge is 0.0267 e. The van der Waals surface area contributed by atoms with Gasteiger partial charge in [-0.25, -0.2) is 0 Å². The lowest BCUT2D eigenvalue weighted by atomic mass is 10.1. The molecule has 0 radical (unpaired) electrons. The van der Waals surface area contributed by atoms with Crippen molar-refractivity contribution in [1.82, 2.24) is 4.90 Å². The topological polar surface area (TPSA) is 3.01 Å². The van der Waals surface area contributed by atoms with Crippen molar-refractivity contribution >= 4 is 0 Å². The summed E-state index contributed by atoms with van der Waals surface area (Å²) in [6, 6.07) is 22.2. The van der Waals surface area contributed by atoms with E-state index in [-0.39, 0.29) is 0 Å². The Morgan fingerprint density at radius 3 is 2.06 bits per heavy atom. The summed E-state index contributed by atoms with van der Waals surface area (Å²) in [6.07, 6.45) is 1.19. The van der Waals surface area contributed by atoms with Gasteiger partial charge in [0.25, 0.3) is 0 Å². The molecule has 0 aliphatic carbocycles. The molecule has 0 aromatic heterocycles. The molecular weight excluding hydrogens is 206 g/mol. The van der Waals surface area contributed by atoms with Crippen molar-refractivity contribution in [2.24, 2.45) is 0 Å². The largest absolute Gasteiger partial charge is 0.293 e. The molecule has 2 aromatic carbocycles. The highest BCUT2D eigenvalue weighted by Crippen LogP contribution is 2.24. The van der Waals surface area contributed by atoms with E-state index in [9.17, 15) is 0 Å². The Labute approximate surface area is 103 Å². The SMILES string of the molecule is c1ccc(CC2C[N@@]2Cc2ccccc2)cc1. The van der Waals surface area contributed by atoms with Gasteiger partial charge in [0.2, 0.25) is 0 Å². The van der Waals surface area contributed by atoms with Gasteiger partial charge in [-0.1, -0.05) is 60.7 Å². The number of rotatable bonds is 4. The zero-order valence-electron chi connectivity index (χ0n) is 9.92. The average Bonchev–Trinajstić information content (AvgIpc) is 3.10.